The molecule has 0 bridgehead atoms. The highest BCUT2D eigenvalue weighted by Gasteiger charge is 2.24. The number of esters is 1. The lowest BCUT2D eigenvalue weighted by molar-refractivity contribution is 0.0728. The first kappa shape index (κ1) is 14.9. The Hall–Kier alpha value is -2.50. The highest BCUT2D eigenvalue weighted by atomic mass is 19.2. The predicted octanol–water partition coefficient (Wildman–Crippen LogP) is 3.64. The zero-order valence-corrected chi connectivity index (χ0v) is 11.2. The van der Waals surface area contributed by atoms with Crippen LogP contribution in [-0.4, -0.2) is 13.1 Å². The van der Waals surface area contributed by atoms with Crippen molar-refractivity contribution >= 4 is 5.97 Å². The van der Waals surface area contributed by atoms with Crippen LogP contribution in [0.3, 0.4) is 0 Å². The topological polar surface area (TPSA) is 35.5 Å². The molecule has 2 aromatic carbocycles. The fourth-order valence-electron chi connectivity index (χ4n) is 1.75. The van der Waals surface area contributed by atoms with Crippen molar-refractivity contribution in [2.45, 2.75) is 6.92 Å². The second-order valence-electron chi connectivity index (χ2n) is 4.27. The fourth-order valence-corrected chi connectivity index (χ4v) is 1.75. The molecule has 0 aliphatic heterocycles. The van der Waals surface area contributed by atoms with Crippen molar-refractivity contribution in [3.8, 4) is 11.5 Å². The molecule has 0 saturated carbocycles. The summed E-state index contributed by atoms with van der Waals surface area (Å²) in [6.07, 6.45) is 0. The van der Waals surface area contributed by atoms with E-state index >= 15 is 0 Å². The summed E-state index contributed by atoms with van der Waals surface area (Å²) in [6, 6.07) is 6.89. The monoisotopic (exact) mass is 296 g/mol. The van der Waals surface area contributed by atoms with E-state index in [2.05, 4.69) is 4.74 Å². The largest absolute Gasteiger partial charge is 0.491 e. The van der Waals surface area contributed by atoms with Gasteiger partial charge in [0.25, 0.3) is 0 Å². The Bertz CT molecular complexity index is 699. The van der Waals surface area contributed by atoms with Crippen LogP contribution in [0.1, 0.15) is 15.9 Å². The van der Waals surface area contributed by atoms with Gasteiger partial charge in [-0.15, -0.1) is 0 Å². The zero-order chi connectivity index (χ0) is 15.6. The molecule has 3 nitrogen and oxygen atoms in total. The van der Waals surface area contributed by atoms with Gasteiger partial charge in [0.2, 0.25) is 5.82 Å². The fraction of sp³-hybridized carbons (Fsp3) is 0.133. The number of rotatable bonds is 3. The van der Waals surface area contributed by atoms with Gasteiger partial charge in [0, 0.05) is 0 Å². The third-order valence-electron chi connectivity index (χ3n) is 2.74. The maximum atomic E-state index is 13.9. The molecule has 0 aliphatic carbocycles. The van der Waals surface area contributed by atoms with Crippen molar-refractivity contribution < 1.29 is 27.4 Å². The van der Waals surface area contributed by atoms with Crippen molar-refractivity contribution in [1.29, 1.82) is 0 Å². The van der Waals surface area contributed by atoms with E-state index in [1.165, 1.54) is 6.07 Å². The van der Waals surface area contributed by atoms with Crippen molar-refractivity contribution in [2.24, 2.45) is 0 Å². The number of ether oxygens (including phenoxy) is 2. The molecule has 0 unspecified atom stereocenters. The Morgan fingerprint density at radius 1 is 1.10 bits per heavy atom. The molecule has 2 aromatic rings. The van der Waals surface area contributed by atoms with E-state index in [4.69, 9.17) is 4.74 Å². The van der Waals surface area contributed by atoms with Gasteiger partial charge in [-0.1, -0.05) is 12.1 Å². The van der Waals surface area contributed by atoms with Crippen LogP contribution in [0.2, 0.25) is 0 Å². The van der Waals surface area contributed by atoms with Gasteiger partial charge >= 0.3 is 5.97 Å². The molecule has 0 saturated heterocycles. The lowest BCUT2D eigenvalue weighted by Gasteiger charge is -2.09. The Labute approximate surface area is 118 Å². The van der Waals surface area contributed by atoms with Gasteiger partial charge in [-0.2, -0.15) is 4.39 Å². The molecule has 0 N–H and O–H groups in total. The Morgan fingerprint density at radius 2 is 1.81 bits per heavy atom. The Morgan fingerprint density at radius 3 is 2.43 bits per heavy atom. The number of hydrogen-bond donors (Lipinski definition) is 0. The lowest BCUT2D eigenvalue weighted by Crippen LogP contribution is -2.13. The van der Waals surface area contributed by atoms with E-state index in [1.54, 1.807) is 25.1 Å². The minimum absolute atomic E-state index is 0.170. The van der Waals surface area contributed by atoms with Crippen molar-refractivity contribution in [3.63, 3.8) is 0 Å². The lowest BCUT2D eigenvalue weighted by atomic mass is 10.1. The molecule has 2 rings (SSSR count). The summed E-state index contributed by atoms with van der Waals surface area (Å²) in [5.74, 6) is -6.15. The van der Waals surface area contributed by atoms with Crippen LogP contribution in [0.15, 0.2) is 30.3 Å². The van der Waals surface area contributed by atoms with Gasteiger partial charge in [-0.25, -0.2) is 13.6 Å². The summed E-state index contributed by atoms with van der Waals surface area (Å²) in [7, 11) is 0.969. The summed E-state index contributed by atoms with van der Waals surface area (Å²) in [5.41, 5.74) is 0.0795. The molecule has 0 atom stereocenters. The van der Waals surface area contributed by atoms with Crippen LogP contribution in [-0.2, 0) is 0 Å². The average Bonchev–Trinajstić information content (AvgIpc) is 2.43. The number of carbonyl (C=O) groups excluding carboxylic acids is 1. The molecule has 0 aromatic heterocycles. The van der Waals surface area contributed by atoms with Gasteiger partial charge in [0.05, 0.1) is 7.11 Å². The summed E-state index contributed by atoms with van der Waals surface area (Å²) < 4.78 is 49.9. The van der Waals surface area contributed by atoms with E-state index < -0.39 is 34.7 Å². The van der Waals surface area contributed by atoms with Gasteiger partial charge in [-0.05, 0) is 30.7 Å². The number of aryl methyl sites for hydroxylation is 1. The second kappa shape index (κ2) is 5.87. The Balaban J connectivity index is 2.38. The van der Waals surface area contributed by atoms with Crippen molar-refractivity contribution in [3.05, 3.63) is 58.9 Å². The number of benzene rings is 2. The molecule has 0 radical (unpaired) electrons. The van der Waals surface area contributed by atoms with Crippen LogP contribution in [0, 0.1) is 24.4 Å². The summed E-state index contributed by atoms with van der Waals surface area (Å²) in [6.45, 7) is 1.78. The van der Waals surface area contributed by atoms with Gasteiger partial charge < -0.3 is 9.47 Å². The number of carbonyl (C=O) groups is 1. The number of methoxy groups -OCH3 is 1. The molecule has 0 amide bonds. The zero-order valence-electron chi connectivity index (χ0n) is 11.2. The van der Waals surface area contributed by atoms with Crippen molar-refractivity contribution in [1.82, 2.24) is 0 Å². The minimum Gasteiger partial charge on any atom is -0.491 e. The average molecular weight is 296 g/mol. The first-order chi connectivity index (χ1) is 9.93. The third kappa shape index (κ3) is 2.99. The SMILES string of the molecule is COc1c(F)c(F)cc(C(=O)Oc2cccc(C)c2)c1F. The Kier molecular flexibility index (Phi) is 4.16. The van der Waals surface area contributed by atoms with E-state index in [9.17, 15) is 18.0 Å². The molecule has 0 heterocycles. The van der Waals surface area contributed by atoms with Crippen LogP contribution in [0.25, 0.3) is 0 Å². The molecule has 6 heteroatoms. The van der Waals surface area contributed by atoms with E-state index in [1.807, 2.05) is 0 Å². The molecule has 0 fully saturated rings. The quantitative estimate of drug-likeness (QED) is 0.493. The van der Waals surface area contributed by atoms with Crippen LogP contribution < -0.4 is 9.47 Å². The van der Waals surface area contributed by atoms with E-state index in [0.717, 1.165) is 12.7 Å². The maximum Gasteiger partial charge on any atom is 0.346 e. The molecule has 21 heavy (non-hydrogen) atoms. The van der Waals surface area contributed by atoms with E-state index in [0.29, 0.717) is 6.07 Å². The van der Waals surface area contributed by atoms with E-state index in [-0.39, 0.29) is 5.75 Å². The first-order valence-electron chi connectivity index (χ1n) is 5.94. The highest BCUT2D eigenvalue weighted by molar-refractivity contribution is 5.92. The molecule has 110 valence electrons. The van der Waals surface area contributed by atoms with Gasteiger partial charge in [0.1, 0.15) is 11.3 Å². The normalized spacial score (nSPS) is 10.3. The van der Waals surface area contributed by atoms with Gasteiger partial charge in [-0.3, -0.25) is 0 Å². The standard InChI is InChI=1S/C15H11F3O3/c1-8-4-3-5-9(6-8)21-15(19)10-7-11(16)13(18)14(20-2)12(10)17/h3-7H,1-2H3. The molecular weight excluding hydrogens is 285 g/mol. The predicted molar refractivity (Wildman–Crippen MR) is 69.0 cm³/mol. The number of halogens is 3. The van der Waals surface area contributed by atoms with Crippen LogP contribution >= 0.6 is 0 Å². The van der Waals surface area contributed by atoms with Crippen LogP contribution in [0.4, 0.5) is 13.2 Å². The first-order valence-corrected chi connectivity index (χ1v) is 5.94. The molecular formula is C15H11F3O3. The summed E-state index contributed by atoms with van der Waals surface area (Å²) in [4.78, 5) is 11.9. The summed E-state index contributed by atoms with van der Waals surface area (Å²) >= 11 is 0. The number of hydrogen-bond acceptors (Lipinski definition) is 3. The second-order valence-corrected chi connectivity index (χ2v) is 4.27. The van der Waals surface area contributed by atoms with Crippen molar-refractivity contribution in [2.75, 3.05) is 7.11 Å². The maximum absolute atomic E-state index is 13.9. The molecule has 0 aliphatic rings. The van der Waals surface area contributed by atoms with Gasteiger partial charge in [0.15, 0.2) is 17.4 Å². The summed E-state index contributed by atoms with van der Waals surface area (Å²) in [5, 5.41) is 0. The smallest absolute Gasteiger partial charge is 0.346 e. The molecule has 0 spiro atoms. The van der Waals surface area contributed by atoms with Crippen LogP contribution in [0.5, 0.6) is 11.5 Å². The highest BCUT2D eigenvalue weighted by Crippen LogP contribution is 2.27. The minimum atomic E-state index is -1.50. The third-order valence-corrected chi connectivity index (χ3v) is 2.74.